The highest BCUT2D eigenvalue weighted by Crippen LogP contribution is 2.21. The number of ether oxygens (including phenoxy) is 1. The molecule has 1 atom stereocenters. The molecule has 0 aromatic heterocycles. The fourth-order valence-electron chi connectivity index (χ4n) is 2.02. The van der Waals surface area contributed by atoms with Gasteiger partial charge in [0.05, 0.1) is 6.61 Å². The van der Waals surface area contributed by atoms with Crippen LogP contribution in [0.2, 0.25) is 0 Å². The average Bonchev–Trinajstić information content (AvgIpc) is 2.90. The van der Waals surface area contributed by atoms with Gasteiger partial charge in [-0.25, -0.2) is 21.9 Å². The summed E-state index contributed by atoms with van der Waals surface area (Å²) in [5, 5.41) is 0. The monoisotopic (exact) mass is 306 g/mol. The van der Waals surface area contributed by atoms with Crippen molar-refractivity contribution in [1.29, 1.82) is 0 Å². The van der Waals surface area contributed by atoms with Crippen molar-refractivity contribution in [2.45, 2.75) is 17.9 Å². The second-order valence-corrected chi connectivity index (χ2v) is 6.36. The summed E-state index contributed by atoms with van der Waals surface area (Å²) < 4.78 is 58.8. The molecule has 1 aliphatic heterocycles. The highest BCUT2D eigenvalue weighted by Gasteiger charge is 2.25. The Morgan fingerprint density at radius 1 is 1.40 bits per heavy atom. The van der Waals surface area contributed by atoms with Gasteiger partial charge in [0, 0.05) is 25.3 Å². The Kier molecular flexibility index (Phi) is 4.69. The van der Waals surface area contributed by atoms with Gasteiger partial charge in [0.2, 0.25) is 10.0 Å². The Bertz CT molecular complexity index is 587. The molecule has 5 nitrogen and oxygen atoms in total. The van der Waals surface area contributed by atoms with Crippen LogP contribution < -0.4 is 10.5 Å². The number of halogens is 2. The van der Waals surface area contributed by atoms with Gasteiger partial charge in [-0.1, -0.05) is 0 Å². The molecule has 0 spiro atoms. The second-order valence-electron chi connectivity index (χ2n) is 4.62. The number of hydrogen-bond acceptors (Lipinski definition) is 4. The van der Waals surface area contributed by atoms with Crippen LogP contribution in [0.15, 0.2) is 17.0 Å². The lowest BCUT2D eigenvalue weighted by Gasteiger charge is -2.12. The van der Waals surface area contributed by atoms with Crippen LogP contribution in [-0.4, -0.2) is 28.2 Å². The van der Waals surface area contributed by atoms with Gasteiger partial charge in [-0.05, 0) is 24.5 Å². The molecule has 1 fully saturated rings. The number of sulfonamides is 1. The molecule has 1 aliphatic rings. The van der Waals surface area contributed by atoms with Crippen molar-refractivity contribution in [3.05, 3.63) is 29.3 Å². The maximum Gasteiger partial charge on any atom is 0.243 e. The van der Waals surface area contributed by atoms with E-state index in [0.717, 1.165) is 18.6 Å². The van der Waals surface area contributed by atoms with Crippen LogP contribution in [0.25, 0.3) is 0 Å². The summed E-state index contributed by atoms with van der Waals surface area (Å²) in [5.74, 6) is -1.92. The van der Waals surface area contributed by atoms with E-state index in [9.17, 15) is 17.2 Å². The molecule has 8 heteroatoms. The molecule has 1 unspecified atom stereocenters. The van der Waals surface area contributed by atoms with Crippen LogP contribution in [0.3, 0.4) is 0 Å². The summed E-state index contributed by atoms with van der Waals surface area (Å²) in [5.41, 5.74) is 4.79. The molecule has 20 heavy (non-hydrogen) atoms. The maximum atomic E-state index is 14.0. The van der Waals surface area contributed by atoms with E-state index in [1.54, 1.807) is 0 Å². The third-order valence-corrected chi connectivity index (χ3v) is 4.67. The first-order valence-corrected chi connectivity index (χ1v) is 7.68. The summed E-state index contributed by atoms with van der Waals surface area (Å²) in [6.45, 7) is 0.825. The zero-order valence-electron chi connectivity index (χ0n) is 10.7. The minimum absolute atomic E-state index is 0.0715. The fourth-order valence-corrected chi connectivity index (χ4v) is 3.24. The van der Waals surface area contributed by atoms with Crippen LogP contribution in [0.1, 0.15) is 12.0 Å². The van der Waals surface area contributed by atoms with Gasteiger partial charge in [0.1, 0.15) is 10.7 Å². The summed E-state index contributed by atoms with van der Waals surface area (Å²) in [4.78, 5) is -0.585. The molecule has 0 aliphatic carbocycles. The number of nitrogens with one attached hydrogen (secondary N) is 1. The van der Waals surface area contributed by atoms with Crippen LogP contribution in [0, 0.1) is 17.6 Å². The Morgan fingerprint density at radius 3 is 2.75 bits per heavy atom. The second kappa shape index (κ2) is 6.13. The lowest BCUT2D eigenvalue weighted by molar-refractivity contribution is 0.186. The minimum atomic E-state index is -4.03. The first-order chi connectivity index (χ1) is 9.45. The Labute approximate surface area is 116 Å². The summed E-state index contributed by atoms with van der Waals surface area (Å²) >= 11 is 0. The average molecular weight is 306 g/mol. The van der Waals surface area contributed by atoms with E-state index in [0.29, 0.717) is 13.2 Å². The molecule has 3 N–H and O–H groups in total. The quantitative estimate of drug-likeness (QED) is 0.840. The van der Waals surface area contributed by atoms with E-state index >= 15 is 0 Å². The van der Waals surface area contributed by atoms with Gasteiger partial charge < -0.3 is 10.5 Å². The van der Waals surface area contributed by atoms with Gasteiger partial charge in [-0.15, -0.1) is 0 Å². The molecule has 1 aromatic rings. The third kappa shape index (κ3) is 3.14. The predicted molar refractivity (Wildman–Crippen MR) is 68.4 cm³/mol. The topological polar surface area (TPSA) is 81.4 Å². The van der Waals surface area contributed by atoms with E-state index in [1.165, 1.54) is 0 Å². The first-order valence-electron chi connectivity index (χ1n) is 6.20. The highest BCUT2D eigenvalue weighted by molar-refractivity contribution is 7.89. The van der Waals surface area contributed by atoms with E-state index < -0.39 is 38.7 Å². The van der Waals surface area contributed by atoms with Crippen LogP contribution >= 0.6 is 0 Å². The molecule has 1 heterocycles. The van der Waals surface area contributed by atoms with Gasteiger partial charge in [-0.3, -0.25) is 0 Å². The van der Waals surface area contributed by atoms with E-state index in [4.69, 9.17) is 10.5 Å². The first kappa shape index (κ1) is 15.3. The lowest BCUT2D eigenvalue weighted by Crippen LogP contribution is -2.30. The van der Waals surface area contributed by atoms with Crippen LogP contribution in [-0.2, 0) is 21.3 Å². The standard InChI is InChI=1S/C12H16F2N2O3S/c13-10-1-2-11(12(14)9(10)5-15)20(17,18)16-6-8-3-4-19-7-8/h1-2,8,16H,3-7,15H2. The highest BCUT2D eigenvalue weighted by atomic mass is 32.2. The molecule has 112 valence electrons. The Morgan fingerprint density at radius 2 is 2.15 bits per heavy atom. The molecular weight excluding hydrogens is 290 g/mol. The van der Waals surface area contributed by atoms with Crippen LogP contribution in [0.4, 0.5) is 8.78 Å². The molecule has 0 saturated carbocycles. The van der Waals surface area contributed by atoms with Gasteiger partial charge in [0.25, 0.3) is 0 Å². The maximum absolute atomic E-state index is 14.0. The smallest absolute Gasteiger partial charge is 0.243 e. The summed E-state index contributed by atoms with van der Waals surface area (Å²) in [7, 11) is -4.03. The van der Waals surface area contributed by atoms with Crippen molar-refractivity contribution in [2.24, 2.45) is 11.7 Å². The van der Waals surface area contributed by atoms with Gasteiger partial charge in [-0.2, -0.15) is 0 Å². The zero-order chi connectivity index (χ0) is 14.8. The van der Waals surface area contributed by atoms with E-state index in [1.807, 2.05) is 0 Å². The number of hydrogen-bond donors (Lipinski definition) is 2. The molecule has 0 bridgehead atoms. The molecule has 0 radical (unpaired) electrons. The van der Waals surface area contributed by atoms with Crippen molar-refractivity contribution < 1.29 is 21.9 Å². The Balaban J connectivity index is 2.20. The summed E-state index contributed by atoms with van der Waals surface area (Å²) in [6, 6.07) is 1.80. The molecule has 2 rings (SSSR count). The molecule has 0 amide bonds. The van der Waals surface area contributed by atoms with Crippen LogP contribution in [0.5, 0.6) is 0 Å². The van der Waals surface area contributed by atoms with E-state index in [2.05, 4.69) is 4.72 Å². The van der Waals surface area contributed by atoms with Gasteiger partial charge >= 0.3 is 0 Å². The molecule has 1 saturated heterocycles. The summed E-state index contributed by atoms with van der Waals surface area (Å²) in [6.07, 6.45) is 0.752. The van der Waals surface area contributed by atoms with Gasteiger partial charge in [0.15, 0.2) is 5.82 Å². The minimum Gasteiger partial charge on any atom is -0.381 e. The normalized spacial score (nSPS) is 19.4. The largest absolute Gasteiger partial charge is 0.381 e. The van der Waals surface area contributed by atoms with Crippen molar-refractivity contribution >= 4 is 10.0 Å². The van der Waals surface area contributed by atoms with Crippen molar-refractivity contribution in [3.8, 4) is 0 Å². The predicted octanol–water partition coefficient (Wildman–Crippen LogP) is 0.738. The Hall–Kier alpha value is -1.09. The van der Waals surface area contributed by atoms with Crippen molar-refractivity contribution in [1.82, 2.24) is 4.72 Å². The fraction of sp³-hybridized carbons (Fsp3) is 0.500. The van der Waals surface area contributed by atoms with Crippen molar-refractivity contribution in [3.63, 3.8) is 0 Å². The molecule has 1 aromatic carbocycles. The number of rotatable bonds is 5. The molecular formula is C12H16F2N2O3S. The number of nitrogens with two attached hydrogens (primary N) is 1. The SMILES string of the molecule is NCc1c(F)ccc(S(=O)(=O)NCC2CCOC2)c1F. The third-order valence-electron chi connectivity index (χ3n) is 3.23. The zero-order valence-corrected chi connectivity index (χ0v) is 11.6. The number of benzene rings is 1. The van der Waals surface area contributed by atoms with Crippen molar-refractivity contribution in [2.75, 3.05) is 19.8 Å². The van der Waals surface area contributed by atoms with E-state index in [-0.39, 0.29) is 12.5 Å². The lowest BCUT2D eigenvalue weighted by atomic mass is 10.1.